The molecule has 1 aromatic rings. The lowest BCUT2D eigenvalue weighted by Gasteiger charge is -2.08. The quantitative estimate of drug-likeness (QED) is 0.540. The largest absolute Gasteiger partial charge is 0.481 e. The maximum absolute atomic E-state index is 11.6. The Labute approximate surface area is 113 Å². The number of para-hydroxylation sites is 1. The smallest absolute Gasteiger partial charge is 0.303 e. The summed E-state index contributed by atoms with van der Waals surface area (Å²) in [7, 11) is 2.22. The highest BCUT2D eigenvalue weighted by Gasteiger charge is 2.16. The van der Waals surface area contributed by atoms with Crippen LogP contribution in [0.1, 0.15) is 12.8 Å². The third-order valence-corrected chi connectivity index (χ3v) is 4.49. The first kappa shape index (κ1) is 14.9. The zero-order valence-corrected chi connectivity index (χ0v) is 11.2. The van der Waals surface area contributed by atoms with Crippen LogP contribution in [0.2, 0.25) is 0 Å². The maximum atomic E-state index is 11.6. The van der Waals surface area contributed by atoms with Gasteiger partial charge >= 0.3 is 5.97 Å². The molecule has 98 valence electrons. The number of hydrogen-bond donors (Lipinski definition) is 3. The van der Waals surface area contributed by atoms with Gasteiger partial charge in [0.1, 0.15) is 0 Å². The Morgan fingerprint density at radius 3 is 2.61 bits per heavy atom. The summed E-state index contributed by atoms with van der Waals surface area (Å²) in [4.78, 5) is 22.8. The number of carbonyl (C=O) groups excluding carboxylic acids is 1. The lowest BCUT2D eigenvalue weighted by Crippen LogP contribution is -2.28. The highest BCUT2D eigenvalue weighted by molar-refractivity contribution is 8.82. The van der Waals surface area contributed by atoms with E-state index < -0.39 is 12.0 Å². The summed E-state index contributed by atoms with van der Waals surface area (Å²) >= 11 is 0. The Kier molecular flexibility index (Phi) is 6.03. The fraction of sp³-hybridized carbons (Fsp3) is 0.273. The van der Waals surface area contributed by atoms with Crippen molar-refractivity contribution in [3.8, 4) is 0 Å². The molecule has 0 aliphatic carbocycles. The van der Waals surface area contributed by atoms with Crippen LogP contribution < -0.4 is 11.5 Å². The van der Waals surface area contributed by atoms with Crippen LogP contribution in [0.25, 0.3) is 0 Å². The van der Waals surface area contributed by atoms with Gasteiger partial charge in [-0.05, 0) is 40.1 Å². The number of nitrogens with two attached hydrogens (primary N) is 2. The summed E-state index contributed by atoms with van der Waals surface area (Å²) < 4.78 is 0. The number of anilines is 1. The maximum Gasteiger partial charge on any atom is 0.303 e. The highest BCUT2D eigenvalue weighted by Crippen LogP contribution is 2.35. The average Bonchev–Trinajstić information content (AvgIpc) is 2.34. The van der Waals surface area contributed by atoms with Crippen molar-refractivity contribution in [3.63, 3.8) is 0 Å². The van der Waals surface area contributed by atoms with Crippen LogP contribution in [0, 0.1) is 0 Å². The lowest BCUT2D eigenvalue weighted by molar-refractivity contribution is -0.137. The Bertz CT molecular complexity index is 440. The minimum atomic E-state index is -0.955. The average molecular weight is 286 g/mol. The van der Waals surface area contributed by atoms with E-state index in [9.17, 15) is 9.59 Å². The van der Waals surface area contributed by atoms with Crippen LogP contribution in [0.5, 0.6) is 0 Å². The molecule has 1 atom stereocenters. The third-order valence-electron chi connectivity index (χ3n) is 2.10. The standard InChI is InChI=1S/C11H14N2O3S2/c12-7-3-1-2-4-9(7)17-18-11(16)8(13)5-6-10(14)15/h1-4,8H,5-6,12-13H2,(H,14,15). The van der Waals surface area contributed by atoms with Gasteiger partial charge < -0.3 is 16.6 Å². The van der Waals surface area contributed by atoms with Gasteiger partial charge in [0.2, 0.25) is 5.12 Å². The molecule has 0 saturated heterocycles. The topological polar surface area (TPSA) is 106 Å². The molecule has 0 spiro atoms. The molecular weight excluding hydrogens is 272 g/mol. The van der Waals surface area contributed by atoms with Crippen LogP contribution in [0.15, 0.2) is 29.2 Å². The second-order valence-electron chi connectivity index (χ2n) is 3.56. The number of carbonyl (C=O) groups is 2. The van der Waals surface area contributed by atoms with E-state index in [4.69, 9.17) is 16.6 Å². The Morgan fingerprint density at radius 2 is 2.00 bits per heavy atom. The molecule has 1 aromatic carbocycles. The summed E-state index contributed by atoms with van der Waals surface area (Å²) in [5.41, 5.74) is 11.9. The Morgan fingerprint density at radius 1 is 1.33 bits per heavy atom. The zero-order chi connectivity index (χ0) is 13.5. The molecule has 1 rings (SSSR count). The monoisotopic (exact) mass is 286 g/mol. The van der Waals surface area contributed by atoms with Gasteiger partial charge in [-0.3, -0.25) is 9.59 Å². The van der Waals surface area contributed by atoms with Crippen LogP contribution in [-0.4, -0.2) is 22.2 Å². The molecule has 5 nitrogen and oxygen atoms in total. The minimum absolute atomic E-state index is 0.106. The molecule has 7 heteroatoms. The second-order valence-corrected chi connectivity index (χ2v) is 5.74. The SMILES string of the molecule is Nc1ccccc1SSC(=O)C(N)CCC(=O)O. The number of aliphatic carboxylic acids is 1. The van der Waals surface area contributed by atoms with Crippen molar-refractivity contribution in [2.75, 3.05) is 5.73 Å². The van der Waals surface area contributed by atoms with E-state index in [0.717, 1.165) is 15.7 Å². The van der Waals surface area contributed by atoms with Gasteiger partial charge in [0.05, 0.1) is 6.04 Å². The summed E-state index contributed by atoms with van der Waals surface area (Å²) in [5.74, 6) is -0.955. The molecular formula is C11H14N2O3S2. The highest BCUT2D eigenvalue weighted by atomic mass is 33.1. The van der Waals surface area contributed by atoms with Gasteiger partial charge in [-0.2, -0.15) is 0 Å². The van der Waals surface area contributed by atoms with E-state index in [-0.39, 0.29) is 18.0 Å². The molecule has 5 N–H and O–H groups in total. The zero-order valence-electron chi connectivity index (χ0n) is 9.54. The predicted molar refractivity (Wildman–Crippen MR) is 74.2 cm³/mol. The summed E-state index contributed by atoms with van der Waals surface area (Å²) in [6, 6.07) is 6.43. The van der Waals surface area contributed by atoms with Gasteiger partial charge in [-0.15, -0.1) is 0 Å². The number of hydrogen-bond acceptors (Lipinski definition) is 6. The van der Waals surface area contributed by atoms with Crippen LogP contribution in [0.3, 0.4) is 0 Å². The Hall–Kier alpha value is -1.18. The fourth-order valence-corrected chi connectivity index (χ4v) is 3.15. The lowest BCUT2D eigenvalue weighted by atomic mass is 10.2. The number of carboxylic acids is 1. The molecule has 0 heterocycles. The molecule has 0 bridgehead atoms. The van der Waals surface area contributed by atoms with Crippen molar-refractivity contribution in [2.45, 2.75) is 23.8 Å². The first-order valence-corrected chi connectivity index (χ1v) is 7.36. The minimum Gasteiger partial charge on any atom is -0.481 e. The van der Waals surface area contributed by atoms with Gasteiger partial charge in [0.25, 0.3) is 0 Å². The van der Waals surface area contributed by atoms with E-state index in [2.05, 4.69) is 0 Å². The summed E-state index contributed by atoms with van der Waals surface area (Å²) in [6.07, 6.45) is 0.0393. The van der Waals surface area contributed by atoms with E-state index in [1.54, 1.807) is 6.07 Å². The van der Waals surface area contributed by atoms with Crippen molar-refractivity contribution in [3.05, 3.63) is 24.3 Å². The molecule has 1 unspecified atom stereocenters. The Balaban J connectivity index is 2.41. The second kappa shape index (κ2) is 7.30. The third kappa shape index (κ3) is 4.99. The van der Waals surface area contributed by atoms with Crippen molar-refractivity contribution in [1.82, 2.24) is 0 Å². The fourth-order valence-electron chi connectivity index (χ4n) is 1.10. The molecule has 0 aliphatic rings. The molecule has 0 aliphatic heterocycles. The van der Waals surface area contributed by atoms with E-state index in [1.165, 1.54) is 10.8 Å². The van der Waals surface area contributed by atoms with Crippen LogP contribution in [0.4, 0.5) is 5.69 Å². The van der Waals surface area contributed by atoms with Gasteiger partial charge in [-0.25, -0.2) is 0 Å². The molecule has 0 saturated carbocycles. The van der Waals surface area contributed by atoms with Crippen LogP contribution >= 0.6 is 21.6 Å². The number of benzene rings is 1. The van der Waals surface area contributed by atoms with Gasteiger partial charge in [0.15, 0.2) is 0 Å². The van der Waals surface area contributed by atoms with E-state index in [0.29, 0.717) is 5.69 Å². The molecule has 0 amide bonds. The predicted octanol–water partition coefficient (Wildman–Crippen LogP) is 1.73. The van der Waals surface area contributed by atoms with Crippen molar-refractivity contribution < 1.29 is 14.7 Å². The number of carboxylic acid groups (broad SMARTS) is 1. The van der Waals surface area contributed by atoms with E-state index >= 15 is 0 Å². The van der Waals surface area contributed by atoms with Crippen molar-refractivity contribution in [2.24, 2.45) is 5.73 Å². The van der Waals surface area contributed by atoms with Gasteiger partial charge in [-0.1, -0.05) is 12.1 Å². The first-order valence-electron chi connectivity index (χ1n) is 5.21. The molecule has 0 radical (unpaired) electrons. The molecule has 0 aromatic heterocycles. The van der Waals surface area contributed by atoms with E-state index in [1.807, 2.05) is 18.2 Å². The summed E-state index contributed by atoms with van der Waals surface area (Å²) in [6.45, 7) is 0. The molecule has 0 fully saturated rings. The summed E-state index contributed by atoms with van der Waals surface area (Å²) in [5, 5.41) is 8.25. The van der Waals surface area contributed by atoms with Crippen LogP contribution in [-0.2, 0) is 9.59 Å². The first-order chi connectivity index (χ1) is 8.50. The number of rotatable bonds is 6. The van der Waals surface area contributed by atoms with Crippen molar-refractivity contribution in [1.29, 1.82) is 0 Å². The van der Waals surface area contributed by atoms with Gasteiger partial charge in [0, 0.05) is 17.0 Å². The molecule has 18 heavy (non-hydrogen) atoms. The normalized spacial score (nSPS) is 12.1. The van der Waals surface area contributed by atoms with Crippen molar-refractivity contribution >= 4 is 38.4 Å². The number of nitrogen functional groups attached to an aromatic ring is 1.